The van der Waals surface area contributed by atoms with Crippen LogP contribution in [0, 0.1) is 5.41 Å². The van der Waals surface area contributed by atoms with Gasteiger partial charge in [-0.05, 0) is 23.8 Å². The molecule has 3 N–H and O–H groups in total. The highest BCUT2D eigenvalue weighted by molar-refractivity contribution is 6.34. The molecule has 1 amide bonds. The number of nitrogens with one attached hydrogen (secondary N) is 1. The molecule has 1 aromatic rings. The predicted molar refractivity (Wildman–Crippen MR) is 75.3 cm³/mol. The molecule has 0 heterocycles. The van der Waals surface area contributed by atoms with E-state index in [4.69, 9.17) is 28.3 Å². The molecule has 0 bridgehead atoms. The van der Waals surface area contributed by atoms with E-state index < -0.39 is 17.4 Å². The lowest BCUT2D eigenvalue weighted by molar-refractivity contribution is -0.130. The lowest BCUT2D eigenvalue weighted by atomic mass is 9.95. The molecule has 1 aromatic carbocycles. The van der Waals surface area contributed by atoms with Gasteiger partial charge in [0.1, 0.15) is 0 Å². The van der Waals surface area contributed by atoms with Crippen molar-refractivity contribution in [2.45, 2.75) is 20.0 Å². The van der Waals surface area contributed by atoms with Crippen LogP contribution in [-0.2, 0) is 4.79 Å². The Morgan fingerprint density at radius 1 is 1.32 bits per heavy atom. The van der Waals surface area contributed by atoms with Crippen LogP contribution < -0.4 is 5.32 Å². The van der Waals surface area contributed by atoms with Crippen LogP contribution in [0.3, 0.4) is 0 Å². The fourth-order valence-corrected chi connectivity index (χ4v) is 1.91. The zero-order valence-electron chi connectivity index (χ0n) is 10.8. The monoisotopic (exact) mass is 305 g/mol. The Hall–Kier alpha value is -0.810. The molecule has 4 nitrogen and oxygen atoms in total. The Morgan fingerprint density at radius 2 is 1.84 bits per heavy atom. The van der Waals surface area contributed by atoms with Crippen molar-refractivity contribution in [3.8, 4) is 0 Å². The summed E-state index contributed by atoms with van der Waals surface area (Å²) in [6.07, 6.45) is -1.34. The van der Waals surface area contributed by atoms with Gasteiger partial charge in [0.15, 0.2) is 6.10 Å². The van der Waals surface area contributed by atoms with E-state index in [0.717, 1.165) is 0 Å². The minimum Gasteiger partial charge on any atom is -0.396 e. The Morgan fingerprint density at radius 3 is 2.32 bits per heavy atom. The van der Waals surface area contributed by atoms with E-state index in [1.54, 1.807) is 13.8 Å². The second kappa shape index (κ2) is 6.57. The maximum atomic E-state index is 11.8. The number of aliphatic hydroxyl groups excluding tert-OH is 2. The van der Waals surface area contributed by atoms with E-state index in [9.17, 15) is 9.90 Å². The summed E-state index contributed by atoms with van der Waals surface area (Å²) in [5, 5.41) is 22.3. The second-order valence-corrected chi connectivity index (χ2v) is 6.02. The van der Waals surface area contributed by atoms with E-state index in [-0.39, 0.29) is 13.2 Å². The third-order valence-corrected chi connectivity index (χ3v) is 3.05. The Labute approximate surface area is 122 Å². The fourth-order valence-electron chi connectivity index (χ4n) is 1.36. The van der Waals surface area contributed by atoms with Crippen molar-refractivity contribution >= 4 is 29.1 Å². The number of benzene rings is 1. The van der Waals surface area contributed by atoms with Gasteiger partial charge in [-0.15, -0.1) is 0 Å². The summed E-state index contributed by atoms with van der Waals surface area (Å²) < 4.78 is 0. The van der Waals surface area contributed by atoms with Crippen molar-refractivity contribution in [3.05, 3.63) is 33.8 Å². The summed E-state index contributed by atoms with van der Waals surface area (Å²) in [4.78, 5) is 11.8. The first-order valence-corrected chi connectivity index (χ1v) is 6.53. The Balaban J connectivity index is 2.71. The van der Waals surface area contributed by atoms with E-state index in [1.807, 2.05) is 0 Å². The number of hydrogen-bond donors (Lipinski definition) is 3. The number of aliphatic hydroxyl groups is 2. The van der Waals surface area contributed by atoms with E-state index in [2.05, 4.69) is 5.32 Å². The third kappa shape index (κ3) is 4.99. The van der Waals surface area contributed by atoms with Gasteiger partial charge in [-0.1, -0.05) is 37.0 Å². The van der Waals surface area contributed by atoms with Gasteiger partial charge in [0.05, 0.1) is 0 Å². The van der Waals surface area contributed by atoms with Crippen molar-refractivity contribution in [1.82, 2.24) is 5.32 Å². The number of hydrogen-bond acceptors (Lipinski definition) is 3. The highest BCUT2D eigenvalue weighted by Gasteiger charge is 2.22. The summed E-state index contributed by atoms with van der Waals surface area (Å²) >= 11 is 11.6. The average Bonchev–Trinajstić information content (AvgIpc) is 2.34. The third-order valence-electron chi connectivity index (χ3n) is 2.62. The molecule has 19 heavy (non-hydrogen) atoms. The van der Waals surface area contributed by atoms with Crippen molar-refractivity contribution in [1.29, 1.82) is 0 Å². The predicted octanol–water partition coefficient (Wildman–Crippen LogP) is 2.16. The van der Waals surface area contributed by atoms with Gasteiger partial charge < -0.3 is 15.5 Å². The van der Waals surface area contributed by atoms with Crippen LogP contribution in [-0.4, -0.2) is 29.3 Å². The molecule has 106 valence electrons. The zero-order chi connectivity index (χ0) is 14.6. The first kappa shape index (κ1) is 16.2. The minimum absolute atomic E-state index is 0.0631. The SMILES string of the molecule is CC(C)(CO)CNC(=O)[C@@H](O)c1cc(Cl)cc(Cl)c1. The summed E-state index contributed by atoms with van der Waals surface area (Å²) in [7, 11) is 0. The number of amides is 1. The molecule has 6 heteroatoms. The summed E-state index contributed by atoms with van der Waals surface area (Å²) in [5.41, 5.74) is -0.113. The number of rotatable bonds is 5. The van der Waals surface area contributed by atoms with Gasteiger partial charge in [-0.2, -0.15) is 0 Å². The smallest absolute Gasteiger partial charge is 0.253 e. The molecule has 0 aromatic heterocycles. The van der Waals surface area contributed by atoms with Gasteiger partial charge >= 0.3 is 0 Å². The van der Waals surface area contributed by atoms with Crippen LogP contribution in [0.5, 0.6) is 0 Å². The highest BCUT2D eigenvalue weighted by Crippen LogP contribution is 2.24. The molecule has 0 saturated carbocycles. The lowest BCUT2D eigenvalue weighted by Crippen LogP contribution is -2.38. The van der Waals surface area contributed by atoms with Crippen molar-refractivity contribution in [2.24, 2.45) is 5.41 Å². The molecule has 1 rings (SSSR count). The molecular weight excluding hydrogens is 289 g/mol. The Kier molecular flexibility index (Phi) is 5.62. The zero-order valence-corrected chi connectivity index (χ0v) is 12.3. The highest BCUT2D eigenvalue weighted by atomic mass is 35.5. The van der Waals surface area contributed by atoms with Crippen LogP contribution in [0.1, 0.15) is 25.5 Å². The van der Waals surface area contributed by atoms with E-state index in [0.29, 0.717) is 15.6 Å². The molecule has 0 aliphatic rings. The molecule has 0 aliphatic carbocycles. The molecule has 0 unspecified atom stereocenters. The quantitative estimate of drug-likeness (QED) is 0.781. The van der Waals surface area contributed by atoms with Gasteiger partial charge in [-0.3, -0.25) is 4.79 Å². The molecule has 0 radical (unpaired) electrons. The number of carbonyl (C=O) groups is 1. The molecule has 1 atom stereocenters. The summed E-state index contributed by atoms with van der Waals surface area (Å²) in [5.74, 6) is -0.556. The largest absolute Gasteiger partial charge is 0.396 e. The van der Waals surface area contributed by atoms with Gasteiger partial charge in [0.2, 0.25) is 0 Å². The number of halogens is 2. The van der Waals surface area contributed by atoms with E-state index in [1.165, 1.54) is 18.2 Å². The van der Waals surface area contributed by atoms with Gasteiger partial charge in [-0.25, -0.2) is 0 Å². The van der Waals surface area contributed by atoms with Crippen molar-refractivity contribution < 1.29 is 15.0 Å². The first-order valence-electron chi connectivity index (χ1n) is 5.78. The van der Waals surface area contributed by atoms with Crippen LogP contribution in [0.4, 0.5) is 0 Å². The van der Waals surface area contributed by atoms with Gasteiger partial charge in [0.25, 0.3) is 5.91 Å². The van der Waals surface area contributed by atoms with E-state index >= 15 is 0 Å². The standard InChI is InChI=1S/C13H17Cl2NO3/c1-13(2,7-17)6-16-12(19)11(18)8-3-9(14)5-10(15)4-8/h3-5,11,17-18H,6-7H2,1-2H3,(H,16,19)/t11-/m0/s1. The second-order valence-electron chi connectivity index (χ2n) is 5.15. The number of carbonyl (C=O) groups excluding carboxylic acids is 1. The maximum absolute atomic E-state index is 11.8. The lowest BCUT2D eigenvalue weighted by Gasteiger charge is -2.23. The first-order chi connectivity index (χ1) is 8.75. The van der Waals surface area contributed by atoms with Crippen LogP contribution in [0.2, 0.25) is 10.0 Å². The minimum atomic E-state index is -1.34. The van der Waals surface area contributed by atoms with Gasteiger partial charge in [0, 0.05) is 28.6 Å². The molecule has 0 aliphatic heterocycles. The van der Waals surface area contributed by atoms with Crippen molar-refractivity contribution in [3.63, 3.8) is 0 Å². The molecule has 0 saturated heterocycles. The molecule has 0 fully saturated rings. The van der Waals surface area contributed by atoms with Crippen LogP contribution in [0.25, 0.3) is 0 Å². The fraction of sp³-hybridized carbons (Fsp3) is 0.462. The maximum Gasteiger partial charge on any atom is 0.253 e. The summed E-state index contributed by atoms with van der Waals surface area (Å²) in [6, 6.07) is 4.48. The van der Waals surface area contributed by atoms with Crippen LogP contribution >= 0.6 is 23.2 Å². The molecular formula is C13H17Cl2NO3. The van der Waals surface area contributed by atoms with Crippen LogP contribution in [0.15, 0.2) is 18.2 Å². The Bertz CT molecular complexity index is 443. The summed E-state index contributed by atoms with van der Waals surface area (Å²) in [6.45, 7) is 3.80. The topological polar surface area (TPSA) is 69.6 Å². The van der Waals surface area contributed by atoms with Crippen molar-refractivity contribution in [2.75, 3.05) is 13.2 Å². The normalized spacial score (nSPS) is 13.2. The average molecular weight is 306 g/mol. The molecule has 0 spiro atoms.